The maximum Gasteiger partial charge on any atom is 0.0325 e. The van der Waals surface area contributed by atoms with Crippen molar-refractivity contribution in [1.82, 2.24) is 4.90 Å². The lowest BCUT2D eigenvalue weighted by molar-refractivity contribution is 0.217. The number of hydrogen-bond acceptors (Lipinski definition) is 3. The maximum atomic E-state index is 6.03. The summed E-state index contributed by atoms with van der Waals surface area (Å²) in [6, 6.07) is 2.66. The standard InChI is InChI=1S/C13H21BrN2S/c1-16(8-13-6-11(14)9-17-13)7-10-3-2-4-12(15)5-10/h6,9-10,12H,2-5,7-8,15H2,1H3. The first-order valence-electron chi connectivity index (χ1n) is 6.30. The molecular weight excluding hydrogens is 296 g/mol. The van der Waals surface area contributed by atoms with E-state index in [9.17, 15) is 0 Å². The number of halogens is 1. The molecule has 0 spiro atoms. The van der Waals surface area contributed by atoms with Crippen molar-refractivity contribution in [2.45, 2.75) is 38.3 Å². The van der Waals surface area contributed by atoms with Crippen molar-refractivity contribution in [2.24, 2.45) is 11.7 Å². The van der Waals surface area contributed by atoms with E-state index in [-0.39, 0.29) is 0 Å². The molecule has 1 fully saturated rings. The first kappa shape index (κ1) is 13.5. The molecule has 0 radical (unpaired) electrons. The predicted octanol–water partition coefficient (Wildman–Crippen LogP) is 3.46. The third-order valence-corrected chi connectivity index (χ3v) is 5.12. The van der Waals surface area contributed by atoms with Crippen molar-refractivity contribution in [1.29, 1.82) is 0 Å². The normalized spacial score (nSPS) is 25.4. The van der Waals surface area contributed by atoms with Crippen LogP contribution in [0.15, 0.2) is 15.9 Å². The molecule has 4 heteroatoms. The molecule has 0 aromatic carbocycles. The van der Waals surface area contributed by atoms with Crippen molar-refractivity contribution in [3.8, 4) is 0 Å². The maximum absolute atomic E-state index is 6.03. The Morgan fingerprint density at radius 3 is 3.00 bits per heavy atom. The summed E-state index contributed by atoms with van der Waals surface area (Å²) in [4.78, 5) is 3.86. The van der Waals surface area contributed by atoms with Crippen molar-refractivity contribution < 1.29 is 0 Å². The highest BCUT2D eigenvalue weighted by Gasteiger charge is 2.20. The number of nitrogens with zero attached hydrogens (tertiary/aromatic N) is 1. The van der Waals surface area contributed by atoms with Crippen LogP contribution in [0.5, 0.6) is 0 Å². The quantitative estimate of drug-likeness (QED) is 0.921. The molecule has 2 unspecified atom stereocenters. The lowest BCUT2D eigenvalue weighted by Crippen LogP contribution is -2.33. The van der Waals surface area contributed by atoms with Crippen LogP contribution in [0.4, 0.5) is 0 Å². The Kier molecular flexibility index (Phi) is 5.03. The van der Waals surface area contributed by atoms with Crippen molar-refractivity contribution in [3.05, 3.63) is 20.8 Å². The Morgan fingerprint density at radius 1 is 1.53 bits per heavy atom. The molecule has 96 valence electrons. The fourth-order valence-corrected chi connectivity index (χ4v) is 4.24. The summed E-state index contributed by atoms with van der Waals surface area (Å²) in [6.07, 6.45) is 5.09. The first-order valence-corrected chi connectivity index (χ1v) is 7.98. The van der Waals surface area contributed by atoms with E-state index in [1.54, 1.807) is 0 Å². The lowest BCUT2D eigenvalue weighted by Gasteiger charge is -2.30. The van der Waals surface area contributed by atoms with E-state index in [1.165, 1.54) is 41.6 Å². The van der Waals surface area contributed by atoms with E-state index in [0.29, 0.717) is 6.04 Å². The molecule has 1 aromatic heterocycles. The van der Waals surface area contributed by atoms with Gasteiger partial charge in [-0.2, -0.15) is 0 Å². The van der Waals surface area contributed by atoms with Gasteiger partial charge in [-0.1, -0.05) is 6.42 Å². The summed E-state index contributed by atoms with van der Waals surface area (Å²) < 4.78 is 1.20. The summed E-state index contributed by atoms with van der Waals surface area (Å²) in [5.41, 5.74) is 6.03. The monoisotopic (exact) mass is 316 g/mol. The van der Waals surface area contributed by atoms with Crippen LogP contribution >= 0.6 is 27.3 Å². The van der Waals surface area contributed by atoms with Gasteiger partial charge in [0.25, 0.3) is 0 Å². The second kappa shape index (κ2) is 6.32. The zero-order valence-electron chi connectivity index (χ0n) is 10.4. The molecule has 0 bridgehead atoms. The molecule has 0 aliphatic heterocycles. The molecule has 2 nitrogen and oxygen atoms in total. The van der Waals surface area contributed by atoms with E-state index in [0.717, 1.165) is 12.5 Å². The third-order valence-electron chi connectivity index (χ3n) is 3.44. The Labute approximate surface area is 116 Å². The lowest BCUT2D eigenvalue weighted by atomic mass is 9.86. The zero-order valence-corrected chi connectivity index (χ0v) is 12.8. The fraction of sp³-hybridized carbons (Fsp3) is 0.692. The molecule has 0 amide bonds. The molecular formula is C13H21BrN2S. The molecule has 17 heavy (non-hydrogen) atoms. The molecule has 2 atom stereocenters. The van der Waals surface area contributed by atoms with Crippen LogP contribution in [0.2, 0.25) is 0 Å². The molecule has 2 rings (SSSR count). The first-order chi connectivity index (χ1) is 8.13. The van der Waals surface area contributed by atoms with Gasteiger partial charge in [-0.15, -0.1) is 11.3 Å². The van der Waals surface area contributed by atoms with E-state index in [2.05, 4.69) is 39.3 Å². The summed E-state index contributed by atoms with van der Waals surface area (Å²) in [6.45, 7) is 2.24. The molecule has 1 aromatic rings. The minimum absolute atomic E-state index is 0.443. The van der Waals surface area contributed by atoms with Gasteiger partial charge < -0.3 is 10.6 Å². The van der Waals surface area contributed by atoms with Crippen molar-refractivity contribution >= 4 is 27.3 Å². The number of hydrogen-bond donors (Lipinski definition) is 1. The molecule has 2 N–H and O–H groups in total. The average Bonchev–Trinajstić information content (AvgIpc) is 2.63. The zero-order chi connectivity index (χ0) is 12.3. The third kappa shape index (κ3) is 4.36. The molecule has 1 saturated carbocycles. The van der Waals surface area contributed by atoms with Gasteiger partial charge in [-0.25, -0.2) is 0 Å². The predicted molar refractivity (Wildman–Crippen MR) is 78.3 cm³/mol. The van der Waals surface area contributed by atoms with Gasteiger partial charge in [0.1, 0.15) is 0 Å². The Morgan fingerprint density at radius 2 is 2.35 bits per heavy atom. The van der Waals surface area contributed by atoms with Gasteiger partial charge in [-0.05, 0) is 54.2 Å². The van der Waals surface area contributed by atoms with Crippen LogP contribution in [0.25, 0.3) is 0 Å². The van der Waals surface area contributed by atoms with Crippen LogP contribution in [-0.4, -0.2) is 24.5 Å². The molecule has 1 aliphatic rings. The number of nitrogens with two attached hydrogens (primary N) is 1. The SMILES string of the molecule is CN(Cc1cc(Br)cs1)CC1CCCC(N)C1. The Balaban J connectivity index is 1.78. The van der Waals surface area contributed by atoms with Gasteiger partial charge in [0, 0.05) is 33.9 Å². The van der Waals surface area contributed by atoms with Crippen LogP contribution in [0, 0.1) is 5.92 Å². The highest BCUT2D eigenvalue weighted by Crippen LogP contribution is 2.25. The number of rotatable bonds is 4. The largest absolute Gasteiger partial charge is 0.328 e. The van der Waals surface area contributed by atoms with Crippen LogP contribution in [0.1, 0.15) is 30.6 Å². The Hall–Kier alpha value is 0.1000. The summed E-state index contributed by atoms with van der Waals surface area (Å²) in [5, 5.41) is 2.15. The van der Waals surface area contributed by atoms with Crippen molar-refractivity contribution in [2.75, 3.05) is 13.6 Å². The van der Waals surface area contributed by atoms with Crippen molar-refractivity contribution in [3.63, 3.8) is 0 Å². The van der Waals surface area contributed by atoms with E-state index >= 15 is 0 Å². The number of thiophene rings is 1. The van der Waals surface area contributed by atoms with E-state index < -0.39 is 0 Å². The molecule has 1 heterocycles. The molecule has 0 saturated heterocycles. The minimum atomic E-state index is 0.443. The van der Waals surface area contributed by atoms with Gasteiger partial charge in [0.15, 0.2) is 0 Å². The second-order valence-electron chi connectivity index (χ2n) is 5.22. The van der Waals surface area contributed by atoms with Gasteiger partial charge >= 0.3 is 0 Å². The van der Waals surface area contributed by atoms with Gasteiger partial charge in [-0.3, -0.25) is 0 Å². The van der Waals surface area contributed by atoms with Gasteiger partial charge in [0.05, 0.1) is 0 Å². The summed E-state index contributed by atoms with van der Waals surface area (Å²) >= 11 is 5.33. The van der Waals surface area contributed by atoms with E-state index in [4.69, 9.17) is 5.73 Å². The average molecular weight is 317 g/mol. The minimum Gasteiger partial charge on any atom is -0.328 e. The highest BCUT2D eigenvalue weighted by molar-refractivity contribution is 9.10. The summed E-state index contributed by atoms with van der Waals surface area (Å²) in [5.74, 6) is 0.798. The van der Waals surface area contributed by atoms with Crippen LogP contribution in [0.3, 0.4) is 0 Å². The van der Waals surface area contributed by atoms with Gasteiger partial charge in [0.2, 0.25) is 0 Å². The fourth-order valence-electron chi connectivity index (χ4n) is 2.71. The van der Waals surface area contributed by atoms with Crippen LogP contribution in [-0.2, 0) is 6.54 Å². The molecule has 1 aliphatic carbocycles. The van der Waals surface area contributed by atoms with Crippen LogP contribution < -0.4 is 5.73 Å². The second-order valence-corrected chi connectivity index (χ2v) is 7.13. The Bertz CT molecular complexity index is 353. The topological polar surface area (TPSA) is 29.3 Å². The summed E-state index contributed by atoms with van der Waals surface area (Å²) in [7, 11) is 2.22. The smallest absolute Gasteiger partial charge is 0.0325 e. The highest BCUT2D eigenvalue weighted by atomic mass is 79.9. The van der Waals surface area contributed by atoms with E-state index in [1.807, 2.05) is 11.3 Å².